The number of carbonyl (C=O) groups excluding carboxylic acids is 2. The lowest BCUT2D eigenvalue weighted by Crippen LogP contribution is -2.88. The van der Waals surface area contributed by atoms with Gasteiger partial charge >= 0.3 is 0 Å². The highest BCUT2D eigenvalue weighted by Gasteiger charge is 2.66. The molecule has 0 atom stereocenters. The summed E-state index contributed by atoms with van der Waals surface area (Å²) in [6.45, 7) is 0.795. The minimum atomic E-state index is -0.795. The number of hydrogen-bond acceptors (Lipinski definition) is 6. The van der Waals surface area contributed by atoms with Crippen molar-refractivity contribution >= 4 is 11.6 Å². The van der Waals surface area contributed by atoms with Crippen LogP contribution in [0.5, 0.6) is 0 Å². The molecule has 4 aromatic carbocycles. The maximum atomic E-state index is 14.6. The van der Waals surface area contributed by atoms with Gasteiger partial charge in [-0.25, -0.2) is 17.6 Å². The first-order valence-electron chi connectivity index (χ1n) is 14.3. The van der Waals surface area contributed by atoms with Gasteiger partial charge in [0.1, 0.15) is 47.9 Å². The van der Waals surface area contributed by atoms with Crippen LogP contribution in [-0.2, 0) is 35.8 Å². The number of Topliss-reactive ketones (excluding diaryl/α,β-unsaturated/α-hetero) is 2. The summed E-state index contributed by atoms with van der Waals surface area (Å²) in [5.74, 6) is -1.89. The third kappa shape index (κ3) is 5.13. The van der Waals surface area contributed by atoms with Gasteiger partial charge in [-0.2, -0.15) is 0 Å². The van der Waals surface area contributed by atoms with Crippen molar-refractivity contribution in [2.24, 2.45) is 0 Å². The first kappa shape index (κ1) is 28.5. The second kappa shape index (κ2) is 11.4. The Labute approximate surface area is 251 Å². The molecule has 4 aliphatic heterocycles. The SMILES string of the molecule is O=C1C2N(Cc3ccc(F)cc3)C3C(=O)C(N2Cc2ccc(F)cc2)N(Cc2ccc(F)cc2)C1N3Cc1ccc(F)cc1. The van der Waals surface area contributed by atoms with Crippen LogP contribution in [0.2, 0.25) is 0 Å². The van der Waals surface area contributed by atoms with Crippen LogP contribution in [0.3, 0.4) is 0 Å². The molecule has 0 spiro atoms. The van der Waals surface area contributed by atoms with Crippen LogP contribution in [0.1, 0.15) is 22.3 Å². The molecule has 0 aromatic heterocycles. The van der Waals surface area contributed by atoms with Gasteiger partial charge in [-0.1, -0.05) is 48.5 Å². The molecule has 4 bridgehead atoms. The standard InChI is InChI=1S/C34H28F4N4O2/c35-25-9-1-21(2-10-25)17-39-31-29(43)34-41(19-23-5-13-27(37)14-6-23)32(39)30(44)33(40(31)18-22-3-11-26(36)12-4-22)42(34)20-24-7-15-28(38)16-8-24/h1-16,31-34H,17-20H2. The molecule has 4 fully saturated rings. The molecular formula is C34H28F4N4O2. The molecule has 0 unspecified atom stereocenters. The first-order chi connectivity index (χ1) is 21.3. The van der Waals surface area contributed by atoms with E-state index in [0.717, 1.165) is 22.3 Å². The molecular weight excluding hydrogens is 572 g/mol. The van der Waals surface area contributed by atoms with Crippen molar-refractivity contribution in [2.75, 3.05) is 0 Å². The highest BCUT2D eigenvalue weighted by atomic mass is 19.1. The third-order valence-electron chi connectivity index (χ3n) is 8.64. The Morgan fingerprint density at radius 3 is 0.727 bits per heavy atom. The fourth-order valence-corrected chi connectivity index (χ4v) is 6.77. The molecule has 8 rings (SSSR count). The third-order valence-corrected chi connectivity index (χ3v) is 8.64. The van der Waals surface area contributed by atoms with Gasteiger partial charge in [0.05, 0.1) is 0 Å². The van der Waals surface area contributed by atoms with E-state index in [1.54, 1.807) is 48.5 Å². The number of rotatable bonds is 8. The topological polar surface area (TPSA) is 47.1 Å². The van der Waals surface area contributed by atoms with Crippen LogP contribution in [0.25, 0.3) is 0 Å². The molecule has 0 amide bonds. The number of nitrogens with zero attached hydrogens (tertiary/aromatic N) is 4. The Hall–Kier alpha value is -4.22. The molecule has 0 saturated carbocycles. The first-order valence-corrected chi connectivity index (χ1v) is 14.3. The van der Waals surface area contributed by atoms with Gasteiger partial charge in [-0.15, -0.1) is 0 Å². The molecule has 0 aliphatic carbocycles. The molecule has 4 saturated heterocycles. The highest BCUT2D eigenvalue weighted by molar-refractivity contribution is 6.00. The quantitative estimate of drug-likeness (QED) is 0.265. The van der Waals surface area contributed by atoms with Crippen LogP contribution in [0.15, 0.2) is 97.1 Å². The second-order valence-electron chi connectivity index (χ2n) is 11.5. The van der Waals surface area contributed by atoms with Crippen LogP contribution in [-0.4, -0.2) is 55.8 Å². The fourth-order valence-electron chi connectivity index (χ4n) is 6.77. The van der Waals surface area contributed by atoms with Crippen molar-refractivity contribution in [3.63, 3.8) is 0 Å². The molecule has 0 radical (unpaired) electrons. The van der Waals surface area contributed by atoms with Crippen molar-refractivity contribution in [3.8, 4) is 0 Å². The average molecular weight is 601 g/mol. The van der Waals surface area contributed by atoms with Gasteiger partial charge in [-0.05, 0) is 70.8 Å². The molecule has 4 aliphatic rings. The average Bonchev–Trinajstić information content (AvgIpc) is 3.00. The summed E-state index contributed by atoms with van der Waals surface area (Å²) in [5.41, 5.74) is 2.91. The Kier molecular flexibility index (Phi) is 7.37. The number of ketones is 2. The molecule has 224 valence electrons. The lowest BCUT2D eigenvalue weighted by Gasteiger charge is -2.66. The summed E-state index contributed by atoms with van der Waals surface area (Å²) in [5, 5.41) is 0. The lowest BCUT2D eigenvalue weighted by molar-refractivity contribution is -0.252. The summed E-state index contributed by atoms with van der Waals surface area (Å²) in [6.07, 6.45) is -3.18. The fraction of sp³-hybridized carbons (Fsp3) is 0.235. The van der Waals surface area contributed by atoms with E-state index in [0.29, 0.717) is 0 Å². The van der Waals surface area contributed by atoms with E-state index < -0.39 is 47.9 Å². The molecule has 10 heteroatoms. The number of hydrogen-bond donors (Lipinski definition) is 0. The zero-order chi connectivity index (χ0) is 30.5. The van der Waals surface area contributed by atoms with Crippen LogP contribution >= 0.6 is 0 Å². The van der Waals surface area contributed by atoms with Crippen molar-refractivity contribution < 1.29 is 27.2 Å². The zero-order valence-corrected chi connectivity index (χ0v) is 23.5. The van der Waals surface area contributed by atoms with Gasteiger partial charge in [-0.3, -0.25) is 29.2 Å². The van der Waals surface area contributed by atoms with Crippen molar-refractivity contribution in [1.29, 1.82) is 0 Å². The Bertz CT molecular complexity index is 1420. The smallest absolute Gasteiger partial charge is 0.196 e. The number of carbonyl (C=O) groups is 2. The van der Waals surface area contributed by atoms with Crippen molar-refractivity contribution in [1.82, 2.24) is 19.6 Å². The van der Waals surface area contributed by atoms with Crippen LogP contribution in [0, 0.1) is 23.3 Å². The number of halogens is 4. The Balaban J connectivity index is 1.32. The summed E-state index contributed by atoms with van der Waals surface area (Å²) in [7, 11) is 0. The minimum Gasteiger partial charge on any atom is -0.293 e. The van der Waals surface area contributed by atoms with Gasteiger partial charge < -0.3 is 0 Å². The van der Waals surface area contributed by atoms with Crippen molar-refractivity contribution in [3.05, 3.63) is 143 Å². The van der Waals surface area contributed by atoms with Crippen LogP contribution < -0.4 is 0 Å². The largest absolute Gasteiger partial charge is 0.293 e. The van der Waals surface area contributed by atoms with Gasteiger partial charge in [0.25, 0.3) is 0 Å². The Morgan fingerprint density at radius 2 is 0.545 bits per heavy atom. The summed E-state index contributed by atoms with van der Waals surface area (Å²) >= 11 is 0. The summed E-state index contributed by atoms with van der Waals surface area (Å²) in [4.78, 5) is 36.5. The van der Waals surface area contributed by atoms with E-state index in [4.69, 9.17) is 0 Å². The summed E-state index contributed by atoms with van der Waals surface area (Å²) in [6, 6.07) is 23.8. The van der Waals surface area contributed by atoms with Gasteiger partial charge in [0.15, 0.2) is 11.6 Å². The van der Waals surface area contributed by atoms with E-state index >= 15 is 0 Å². The molecule has 6 nitrogen and oxygen atoms in total. The maximum Gasteiger partial charge on any atom is 0.196 e. The van der Waals surface area contributed by atoms with E-state index in [-0.39, 0.29) is 37.7 Å². The minimum absolute atomic E-state index is 0.154. The lowest BCUT2D eigenvalue weighted by atomic mass is 9.87. The highest BCUT2D eigenvalue weighted by Crippen LogP contribution is 2.44. The molecule has 44 heavy (non-hydrogen) atoms. The summed E-state index contributed by atoms with van der Waals surface area (Å²) < 4.78 is 55.1. The van der Waals surface area contributed by atoms with E-state index in [1.165, 1.54) is 48.5 Å². The predicted molar refractivity (Wildman–Crippen MR) is 153 cm³/mol. The monoisotopic (exact) mass is 600 g/mol. The number of benzene rings is 4. The van der Waals surface area contributed by atoms with E-state index in [9.17, 15) is 27.2 Å². The van der Waals surface area contributed by atoms with E-state index in [2.05, 4.69) is 0 Å². The Morgan fingerprint density at radius 1 is 0.364 bits per heavy atom. The van der Waals surface area contributed by atoms with Crippen LogP contribution in [0.4, 0.5) is 17.6 Å². The molecule has 0 N–H and O–H groups in total. The molecule has 4 heterocycles. The van der Waals surface area contributed by atoms with Gasteiger partial charge in [0.2, 0.25) is 0 Å². The zero-order valence-electron chi connectivity index (χ0n) is 23.5. The normalized spacial score (nSPS) is 24.0. The van der Waals surface area contributed by atoms with E-state index in [1.807, 2.05) is 19.6 Å². The van der Waals surface area contributed by atoms with Gasteiger partial charge in [0, 0.05) is 26.2 Å². The van der Waals surface area contributed by atoms with Crippen molar-refractivity contribution in [2.45, 2.75) is 50.8 Å². The second-order valence-corrected chi connectivity index (χ2v) is 11.5. The predicted octanol–water partition coefficient (Wildman–Crippen LogP) is 5.04. The maximum absolute atomic E-state index is 14.6. The molecule has 4 aromatic rings.